The minimum Gasteiger partial charge on any atom is -0.334 e. The average molecular weight is 389 g/mol. The van der Waals surface area contributed by atoms with Crippen LogP contribution in [-0.4, -0.2) is 29.1 Å². The predicted molar refractivity (Wildman–Crippen MR) is 112 cm³/mol. The lowest BCUT2D eigenvalue weighted by Gasteiger charge is -2.09. The van der Waals surface area contributed by atoms with Crippen LogP contribution in [-0.2, 0) is 7.05 Å². The van der Waals surface area contributed by atoms with Crippen molar-refractivity contribution in [3.63, 3.8) is 0 Å². The summed E-state index contributed by atoms with van der Waals surface area (Å²) >= 11 is 0. The number of aryl methyl sites for hydroxylation is 3. The van der Waals surface area contributed by atoms with Gasteiger partial charge in [0.05, 0.1) is 17.1 Å². The van der Waals surface area contributed by atoms with Crippen molar-refractivity contribution in [1.29, 1.82) is 0 Å². The molecule has 0 bridgehead atoms. The van der Waals surface area contributed by atoms with E-state index in [0.717, 1.165) is 28.5 Å². The van der Waals surface area contributed by atoms with E-state index >= 15 is 0 Å². The first-order valence-corrected chi connectivity index (χ1v) is 9.35. The van der Waals surface area contributed by atoms with Gasteiger partial charge in [0.1, 0.15) is 11.5 Å². The summed E-state index contributed by atoms with van der Waals surface area (Å²) in [6, 6.07) is 13.3. The third-order valence-corrected chi connectivity index (χ3v) is 4.85. The molecule has 29 heavy (non-hydrogen) atoms. The Labute approximate surface area is 168 Å². The molecule has 0 spiro atoms. The summed E-state index contributed by atoms with van der Waals surface area (Å²) in [4.78, 5) is 22.2. The van der Waals surface area contributed by atoms with Gasteiger partial charge in [-0.1, -0.05) is 18.2 Å². The number of nitrogens with zero attached hydrogens (tertiary/aromatic N) is 6. The molecule has 0 radical (unpaired) electrons. The molecule has 3 aromatic heterocycles. The molecular formula is C21H23N7O. The largest absolute Gasteiger partial charge is 0.334 e. The molecule has 148 valence electrons. The number of nitrogens with one attached hydrogen (secondary N) is 1. The molecule has 0 saturated carbocycles. The Balaban J connectivity index is 1.78. The molecule has 3 heterocycles. The molecule has 0 aliphatic heterocycles. The average Bonchev–Trinajstić information content (AvgIpc) is 3.13. The number of benzene rings is 1. The van der Waals surface area contributed by atoms with E-state index in [1.165, 1.54) is 0 Å². The molecule has 0 atom stereocenters. The van der Waals surface area contributed by atoms with Crippen molar-refractivity contribution in [3.05, 3.63) is 75.6 Å². The van der Waals surface area contributed by atoms with Gasteiger partial charge in [-0.05, 0) is 45.9 Å². The lowest BCUT2D eigenvalue weighted by molar-refractivity contribution is 0.630. The van der Waals surface area contributed by atoms with Gasteiger partial charge < -0.3 is 5.32 Å². The third kappa shape index (κ3) is 3.33. The van der Waals surface area contributed by atoms with Crippen molar-refractivity contribution in [2.45, 2.75) is 27.7 Å². The van der Waals surface area contributed by atoms with Gasteiger partial charge in [-0.25, -0.2) is 14.3 Å². The molecule has 4 aromatic rings. The van der Waals surface area contributed by atoms with Crippen LogP contribution in [0.2, 0.25) is 0 Å². The van der Waals surface area contributed by atoms with Gasteiger partial charge in [0, 0.05) is 24.5 Å². The Morgan fingerprint density at radius 3 is 2.31 bits per heavy atom. The topological polar surface area (TPSA) is 82.6 Å². The predicted octanol–water partition coefficient (Wildman–Crippen LogP) is 3.13. The molecule has 8 nitrogen and oxygen atoms in total. The van der Waals surface area contributed by atoms with E-state index < -0.39 is 0 Å². The number of aromatic nitrogens is 6. The maximum absolute atomic E-state index is 13.1. The first kappa shape index (κ1) is 18.7. The van der Waals surface area contributed by atoms with E-state index in [1.54, 1.807) is 9.36 Å². The highest BCUT2D eigenvalue weighted by Crippen LogP contribution is 2.19. The summed E-state index contributed by atoms with van der Waals surface area (Å²) < 4.78 is 5.16. The molecule has 0 aliphatic carbocycles. The van der Waals surface area contributed by atoms with Crippen LogP contribution in [0, 0.1) is 27.7 Å². The molecule has 1 aromatic carbocycles. The molecule has 0 fully saturated rings. The van der Waals surface area contributed by atoms with Gasteiger partial charge in [0.25, 0.3) is 11.5 Å². The lowest BCUT2D eigenvalue weighted by Crippen LogP contribution is -2.20. The van der Waals surface area contributed by atoms with Crippen LogP contribution in [0.1, 0.15) is 22.8 Å². The first-order valence-electron chi connectivity index (χ1n) is 9.35. The van der Waals surface area contributed by atoms with E-state index in [9.17, 15) is 4.79 Å². The van der Waals surface area contributed by atoms with Crippen LogP contribution < -0.4 is 10.9 Å². The van der Waals surface area contributed by atoms with Crippen molar-refractivity contribution in [2.24, 2.45) is 7.05 Å². The lowest BCUT2D eigenvalue weighted by atomic mass is 10.3. The van der Waals surface area contributed by atoms with Gasteiger partial charge >= 0.3 is 0 Å². The normalized spacial score (nSPS) is 11.1. The van der Waals surface area contributed by atoms with Crippen LogP contribution >= 0.6 is 0 Å². The Hall–Kier alpha value is -3.68. The van der Waals surface area contributed by atoms with Gasteiger partial charge in [-0.2, -0.15) is 10.1 Å². The Morgan fingerprint density at radius 1 is 0.931 bits per heavy atom. The van der Waals surface area contributed by atoms with Crippen LogP contribution in [0.5, 0.6) is 0 Å². The van der Waals surface area contributed by atoms with Crippen LogP contribution in [0.3, 0.4) is 0 Å². The highest BCUT2D eigenvalue weighted by Gasteiger charge is 2.17. The Morgan fingerprint density at radius 2 is 1.66 bits per heavy atom. The molecule has 0 aliphatic rings. The van der Waals surface area contributed by atoms with E-state index in [0.29, 0.717) is 17.5 Å². The standard InChI is InChI=1S/C21H23N7O/c1-13-12-18(24-21(22-13)27-15(3)11-14(2)25-27)23-19-16(4)26(5)28(20(19)29)17-9-7-6-8-10-17/h6-12H,1-5H3,(H,22,23,24). The maximum Gasteiger partial charge on any atom is 0.295 e. The van der Waals surface area contributed by atoms with Crippen LogP contribution in [0.4, 0.5) is 11.5 Å². The van der Waals surface area contributed by atoms with Gasteiger partial charge in [0.15, 0.2) is 0 Å². The maximum atomic E-state index is 13.1. The fourth-order valence-electron chi connectivity index (χ4n) is 3.38. The molecule has 0 saturated heterocycles. The SMILES string of the molecule is Cc1cc(Nc2c(C)n(C)n(-c3ccccc3)c2=O)nc(-n2nc(C)cc2C)n1. The highest BCUT2D eigenvalue weighted by atomic mass is 16.1. The number of rotatable bonds is 4. The van der Waals surface area contributed by atoms with Crippen LogP contribution in [0.15, 0.2) is 47.3 Å². The quantitative estimate of drug-likeness (QED) is 0.580. The third-order valence-electron chi connectivity index (χ3n) is 4.85. The molecular weight excluding hydrogens is 366 g/mol. The van der Waals surface area contributed by atoms with E-state index in [4.69, 9.17) is 0 Å². The molecule has 8 heteroatoms. The minimum atomic E-state index is -0.139. The zero-order valence-electron chi connectivity index (χ0n) is 17.1. The molecule has 1 N–H and O–H groups in total. The first-order chi connectivity index (χ1) is 13.8. The summed E-state index contributed by atoms with van der Waals surface area (Å²) in [6.45, 7) is 7.68. The van der Waals surface area contributed by atoms with Crippen molar-refractivity contribution in [2.75, 3.05) is 5.32 Å². The fourth-order valence-corrected chi connectivity index (χ4v) is 3.38. The summed E-state index contributed by atoms with van der Waals surface area (Å²) in [6.07, 6.45) is 0. The molecule has 0 amide bonds. The highest BCUT2D eigenvalue weighted by molar-refractivity contribution is 5.59. The second-order valence-corrected chi connectivity index (χ2v) is 7.09. The van der Waals surface area contributed by atoms with Gasteiger partial charge in [0.2, 0.25) is 0 Å². The molecule has 4 rings (SSSR count). The minimum absolute atomic E-state index is 0.139. The van der Waals surface area contributed by atoms with E-state index in [-0.39, 0.29) is 5.56 Å². The van der Waals surface area contributed by atoms with Crippen LogP contribution in [0.25, 0.3) is 11.6 Å². The number of hydrogen-bond acceptors (Lipinski definition) is 5. The summed E-state index contributed by atoms with van der Waals surface area (Å²) in [7, 11) is 1.86. The fraction of sp³-hybridized carbons (Fsp3) is 0.238. The summed E-state index contributed by atoms with van der Waals surface area (Å²) in [5.74, 6) is 1.01. The second-order valence-electron chi connectivity index (χ2n) is 7.09. The summed E-state index contributed by atoms with van der Waals surface area (Å²) in [5.41, 5.74) is 4.57. The van der Waals surface area contributed by atoms with Gasteiger partial charge in [-0.3, -0.25) is 9.48 Å². The zero-order valence-corrected chi connectivity index (χ0v) is 17.1. The Bertz CT molecular complexity index is 1250. The number of anilines is 2. The smallest absolute Gasteiger partial charge is 0.295 e. The summed E-state index contributed by atoms with van der Waals surface area (Å²) in [5, 5.41) is 7.66. The second kappa shape index (κ2) is 7.05. The van der Waals surface area contributed by atoms with Crippen molar-refractivity contribution in [1.82, 2.24) is 29.1 Å². The Kier molecular flexibility index (Phi) is 4.54. The monoisotopic (exact) mass is 389 g/mol. The van der Waals surface area contributed by atoms with E-state index in [2.05, 4.69) is 20.4 Å². The van der Waals surface area contributed by atoms with Crippen molar-refractivity contribution < 1.29 is 0 Å². The molecule has 0 unspecified atom stereocenters. The number of para-hydroxylation sites is 1. The van der Waals surface area contributed by atoms with Gasteiger partial charge in [-0.15, -0.1) is 0 Å². The van der Waals surface area contributed by atoms with E-state index in [1.807, 2.05) is 81.9 Å². The van der Waals surface area contributed by atoms with Crippen molar-refractivity contribution >= 4 is 11.5 Å². The zero-order chi connectivity index (χ0) is 20.7. The number of hydrogen-bond donors (Lipinski definition) is 1. The van der Waals surface area contributed by atoms with Crippen molar-refractivity contribution in [3.8, 4) is 11.6 Å².